The molecular formula is C10H8F2O. The molecule has 1 aromatic carbocycles. The third kappa shape index (κ3) is 2.47. The quantitative estimate of drug-likeness (QED) is 0.507. The SMILES string of the molecule is C/C(C=O)=C\c1cc(F)ccc1F. The first-order chi connectivity index (χ1) is 6.13. The Morgan fingerprint density at radius 3 is 2.69 bits per heavy atom. The Hall–Kier alpha value is -1.51. The number of hydrogen-bond acceptors (Lipinski definition) is 1. The monoisotopic (exact) mass is 182 g/mol. The molecule has 0 N–H and O–H groups in total. The van der Waals surface area contributed by atoms with Gasteiger partial charge in [-0.1, -0.05) is 0 Å². The van der Waals surface area contributed by atoms with Crippen molar-refractivity contribution in [2.75, 3.05) is 0 Å². The Kier molecular flexibility index (Phi) is 2.90. The zero-order chi connectivity index (χ0) is 9.84. The van der Waals surface area contributed by atoms with Crippen molar-refractivity contribution in [3.63, 3.8) is 0 Å². The molecule has 0 radical (unpaired) electrons. The first kappa shape index (κ1) is 9.58. The molecule has 0 saturated heterocycles. The maximum atomic E-state index is 12.9. The van der Waals surface area contributed by atoms with Crippen LogP contribution < -0.4 is 0 Å². The second kappa shape index (κ2) is 3.94. The molecule has 0 spiro atoms. The highest BCUT2D eigenvalue weighted by molar-refractivity contribution is 5.80. The second-order valence-electron chi connectivity index (χ2n) is 2.67. The largest absolute Gasteiger partial charge is 0.298 e. The lowest BCUT2D eigenvalue weighted by atomic mass is 10.1. The van der Waals surface area contributed by atoms with E-state index >= 15 is 0 Å². The van der Waals surface area contributed by atoms with E-state index in [9.17, 15) is 13.6 Å². The first-order valence-corrected chi connectivity index (χ1v) is 3.72. The van der Waals surface area contributed by atoms with Gasteiger partial charge in [0.1, 0.15) is 17.9 Å². The molecule has 1 aromatic rings. The molecule has 68 valence electrons. The van der Waals surface area contributed by atoms with Crippen molar-refractivity contribution in [2.24, 2.45) is 0 Å². The van der Waals surface area contributed by atoms with Gasteiger partial charge in [0.15, 0.2) is 0 Å². The minimum atomic E-state index is -0.539. The van der Waals surface area contributed by atoms with E-state index in [-0.39, 0.29) is 5.56 Å². The van der Waals surface area contributed by atoms with Crippen LogP contribution >= 0.6 is 0 Å². The topological polar surface area (TPSA) is 17.1 Å². The van der Waals surface area contributed by atoms with Gasteiger partial charge in [0.25, 0.3) is 0 Å². The molecule has 3 heteroatoms. The lowest BCUT2D eigenvalue weighted by Crippen LogP contribution is -1.86. The van der Waals surface area contributed by atoms with Gasteiger partial charge < -0.3 is 0 Å². The van der Waals surface area contributed by atoms with Crippen molar-refractivity contribution in [3.05, 3.63) is 41.0 Å². The molecule has 0 fully saturated rings. The minimum absolute atomic E-state index is 0.0876. The molecule has 0 aliphatic heterocycles. The predicted molar refractivity (Wildman–Crippen MR) is 46.1 cm³/mol. The Bertz CT molecular complexity index is 356. The Labute approximate surface area is 74.7 Å². The summed E-state index contributed by atoms with van der Waals surface area (Å²) in [5.41, 5.74) is 0.439. The zero-order valence-electron chi connectivity index (χ0n) is 7.05. The zero-order valence-corrected chi connectivity index (χ0v) is 7.05. The van der Waals surface area contributed by atoms with Gasteiger partial charge in [0.2, 0.25) is 0 Å². The van der Waals surface area contributed by atoms with E-state index in [4.69, 9.17) is 0 Å². The summed E-state index contributed by atoms with van der Waals surface area (Å²) < 4.78 is 25.6. The predicted octanol–water partition coefficient (Wildman–Crippen LogP) is 2.57. The molecule has 0 heterocycles. The van der Waals surface area contributed by atoms with Crippen molar-refractivity contribution in [1.29, 1.82) is 0 Å². The minimum Gasteiger partial charge on any atom is -0.298 e. The average Bonchev–Trinajstić information content (AvgIpc) is 2.11. The lowest BCUT2D eigenvalue weighted by Gasteiger charge is -1.97. The van der Waals surface area contributed by atoms with Crippen molar-refractivity contribution in [2.45, 2.75) is 6.92 Å². The molecule has 1 rings (SSSR count). The third-order valence-electron chi connectivity index (χ3n) is 1.53. The lowest BCUT2D eigenvalue weighted by molar-refractivity contribution is -0.104. The van der Waals surface area contributed by atoms with Gasteiger partial charge in [-0.3, -0.25) is 4.79 Å². The standard InChI is InChI=1S/C10H8F2O/c1-7(6-13)4-8-5-9(11)2-3-10(8)12/h2-6H,1H3/b7-4+. The van der Waals surface area contributed by atoms with Crippen molar-refractivity contribution >= 4 is 12.4 Å². The van der Waals surface area contributed by atoms with Crippen LogP contribution in [-0.4, -0.2) is 6.29 Å². The molecule has 0 saturated carbocycles. The van der Waals surface area contributed by atoms with Crippen molar-refractivity contribution in [1.82, 2.24) is 0 Å². The third-order valence-corrected chi connectivity index (χ3v) is 1.53. The Morgan fingerprint density at radius 1 is 1.38 bits per heavy atom. The fourth-order valence-electron chi connectivity index (χ4n) is 0.905. The summed E-state index contributed by atoms with van der Waals surface area (Å²) in [7, 11) is 0. The summed E-state index contributed by atoms with van der Waals surface area (Å²) in [6.45, 7) is 1.53. The highest BCUT2D eigenvalue weighted by Gasteiger charge is 2.00. The summed E-state index contributed by atoms with van der Waals surface area (Å²) in [6, 6.07) is 3.10. The number of benzene rings is 1. The highest BCUT2D eigenvalue weighted by Crippen LogP contribution is 2.12. The number of halogens is 2. The van der Waals surface area contributed by atoms with Crippen LogP contribution in [0.25, 0.3) is 6.08 Å². The van der Waals surface area contributed by atoms with Gasteiger partial charge in [0.05, 0.1) is 0 Å². The van der Waals surface area contributed by atoms with E-state index in [1.807, 2.05) is 0 Å². The van der Waals surface area contributed by atoms with Crippen LogP contribution in [0.2, 0.25) is 0 Å². The van der Waals surface area contributed by atoms with Crippen LogP contribution in [0.1, 0.15) is 12.5 Å². The molecule has 0 unspecified atom stereocenters. The molecule has 0 aliphatic rings. The van der Waals surface area contributed by atoms with Gasteiger partial charge in [0, 0.05) is 5.56 Å². The van der Waals surface area contributed by atoms with E-state index in [0.29, 0.717) is 11.9 Å². The Balaban J connectivity index is 3.13. The molecule has 0 aromatic heterocycles. The summed E-state index contributed by atoms with van der Waals surface area (Å²) in [5, 5.41) is 0. The Morgan fingerprint density at radius 2 is 2.08 bits per heavy atom. The molecule has 0 aliphatic carbocycles. The van der Waals surface area contributed by atoms with Crippen molar-refractivity contribution < 1.29 is 13.6 Å². The van der Waals surface area contributed by atoms with E-state index in [1.54, 1.807) is 0 Å². The van der Waals surface area contributed by atoms with Crippen LogP contribution in [0.15, 0.2) is 23.8 Å². The first-order valence-electron chi connectivity index (χ1n) is 3.72. The van der Waals surface area contributed by atoms with Crippen LogP contribution in [-0.2, 0) is 4.79 Å². The number of carbonyl (C=O) groups excluding carboxylic acids is 1. The van der Waals surface area contributed by atoms with Crippen LogP contribution in [0.3, 0.4) is 0 Å². The summed E-state index contributed by atoms with van der Waals surface area (Å²) in [4.78, 5) is 10.2. The second-order valence-corrected chi connectivity index (χ2v) is 2.67. The normalized spacial score (nSPS) is 11.5. The summed E-state index contributed by atoms with van der Waals surface area (Å²) in [6.07, 6.45) is 1.88. The van der Waals surface area contributed by atoms with Crippen LogP contribution in [0.4, 0.5) is 8.78 Å². The van der Waals surface area contributed by atoms with Gasteiger partial charge in [-0.25, -0.2) is 8.78 Å². The van der Waals surface area contributed by atoms with E-state index in [1.165, 1.54) is 13.0 Å². The average molecular weight is 182 g/mol. The maximum Gasteiger partial charge on any atom is 0.145 e. The molecule has 0 bridgehead atoms. The van der Waals surface area contributed by atoms with Crippen LogP contribution in [0.5, 0.6) is 0 Å². The molecule has 1 nitrogen and oxygen atoms in total. The van der Waals surface area contributed by atoms with Gasteiger partial charge in [-0.15, -0.1) is 0 Å². The number of aldehydes is 1. The molecule has 0 atom stereocenters. The fraction of sp³-hybridized carbons (Fsp3) is 0.100. The number of rotatable bonds is 2. The van der Waals surface area contributed by atoms with Gasteiger partial charge in [-0.05, 0) is 36.8 Å². The summed E-state index contributed by atoms with van der Waals surface area (Å²) in [5.74, 6) is -1.06. The number of hydrogen-bond donors (Lipinski definition) is 0. The molecule has 0 amide bonds. The highest BCUT2D eigenvalue weighted by atomic mass is 19.1. The smallest absolute Gasteiger partial charge is 0.145 e. The van der Waals surface area contributed by atoms with E-state index < -0.39 is 11.6 Å². The molecule has 13 heavy (non-hydrogen) atoms. The van der Waals surface area contributed by atoms with Crippen molar-refractivity contribution in [3.8, 4) is 0 Å². The number of allylic oxidation sites excluding steroid dienone is 1. The van der Waals surface area contributed by atoms with Gasteiger partial charge >= 0.3 is 0 Å². The summed E-state index contributed by atoms with van der Waals surface area (Å²) >= 11 is 0. The van der Waals surface area contributed by atoms with E-state index in [2.05, 4.69) is 0 Å². The molecular weight excluding hydrogens is 174 g/mol. The van der Waals surface area contributed by atoms with Gasteiger partial charge in [-0.2, -0.15) is 0 Å². The van der Waals surface area contributed by atoms with E-state index in [0.717, 1.165) is 18.2 Å². The maximum absolute atomic E-state index is 12.9. The van der Waals surface area contributed by atoms with Crippen LogP contribution in [0, 0.1) is 11.6 Å². The fourth-order valence-corrected chi connectivity index (χ4v) is 0.905. The number of carbonyl (C=O) groups is 1.